The van der Waals surface area contributed by atoms with E-state index in [1.807, 2.05) is 0 Å². The monoisotopic (exact) mass is 279 g/mol. The molecule has 0 aliphatic carbocycles. The Morgan fingerprint density at radius 1 is 1.55 bits per heavy atom. The van der Waals surface area contributed by atoms with Gasteiger partial charge in [-0.2, -0.15) is 5.10 Å². The summed E-state index contributed by atoms with van der Waals surface area (Å²) in [5.74, 6) is 0. The number of aromatic amines is 1. The lowest BCUT2D eigenvalue weighted by molar-refractivity contribution is 1.10. The van der Waals surface area contributed by atoms with Crippen LogP contribution < -0.4 is 0 Å². The maximum Gasteiger partial charge on any atom is 0.157 e. The van der Waals surface area contributed by atoms with Gasteiger partial charge in [0.25, 0.3) is 0 Å². The second-order valence-corrected chi connectivity index (χ2v) is 3.61. The van der Waals surface area contributed by atoms with Gasteiger partial charge in [0.2, 0.25) is 0 Å². The smallest absolute Gasteiger partial charge is 0.157 e. The number of hydrogen-bond acceptors (Lipinski definition) is 2. The topological polar surface area (TPSA) is 41.6 Å². The third-order valence-electron chi connectivity index (χ3n) is 1.34. The van der Waals surface area contributed by atoms with Crippen LogP contribution in [0.15, 0.2) is 12.3 Å². The van der Waals surface area contributed by atoms with Gasteiger partial charge in [-0.3, -0.25) is 5.10 Å². The maximum absolute atomic E-state index is 5.72. The average Bonchev–Trinajstić information content (AvgIpc) is 2.34. The van der Waals surface area contributed by atoms with Crippen molar-refractivity contribution in [2.24, 2.45) is 0 Å². The van der Waals surface area contributed by atoms with Gasteiger partial charge in [0.1, 0.15) is 5.15 Å². The molecule has 0 radical (unpaired) electrons. The highest BCUT2D eigenvalue weighted by Crippen LogP contribution is 2.19. The number of rotatable bonds is 0. The number of nitrogens with one attached hydrogen (secondary N) is 1. The second-order valence-electron chi connectivity index (χ2n) is 2.06. The molecule has 56 valence electrons. The van der Waals surface area contributed by atoms with Gasteiger partial charge in [0.15, 0.2) is 5.65 Å². The van der Waals surface area contributed by atoms with E-state index in [-0.39, 0.29) is 0 Å². The van der Waals surface area contributed by atoms with Crippen molar-refractivity contribution in [2.45, 2.75) is 0 Å². The predicted molar refractivity (Wildman–Crippen MR) is 51.6 cm³/mol. The van der Waals surface area contributed by atoms with E-state index in [1.165, 1.54) is 0 Å². The molecular formula is C6H3ClIN3. The molecule has 0 saturated heterocycles. The Morgan fingerprint density at radius 3 is 3.18 bits per heavy atom. The maximum atomic E-state index is 5.72. The molecule has 2 rings (SSSR count). The van der Waals surface area contributed by atoms with Crippen molar-refractivity contribution in [1.29, 1.82) is 0 Å². The van der Waals surface area contributed by atoms with Crippen molar-refractivity contribution in [3.63, 3.8) is 0 Å². The van der Waals surface area contributed by atoms with E-state index < -0.39 is 0 Å². The Kier molecular flexibility index (Phi) is 1.72. The SMILES string of the molecule is Clc1cc(I)c2cn[nH]c2n1. The number of hydrogen-bond donors (Lipinski definition) is 1. The number of pyridine rings is 1. The van der Waals surface area contributed by atoms with E-state index in [1.54, 1.807) is 12.3 Å². The van der Waals surface area contributed by atoms with E-state index in [0.717, 1.165) is 14.6 Å². The van der Waals surface area contributed by atoms with Crippen molar-refractivity contribution in [3.8, 4) is 0 Å². The van der Waals surface area contributed by atoms with Crippen LogP contribution in [0.3, 0.4) is 0 Å². The average molecular weight is 279 g/mol. The molecule has 5 heteroatoms. The summed E-state index contributed by atoms with van der Waals surface area (Å²) in [6.07, 6.45) is 1.74. The molecule has 0 atom stereocenters. The number of fused-ring (bicyclic) bond motifs is 1. The lowest BCUT2D eigenvalue weighted by atomic mass is 10.4. The highest BCUT2D eigenvalue weighted by molar-refractivity contribution is 14.1. The molecule has 11 heavy (non-hydrogen) atoms. The standard InChI is InChI=1S/C6H3ClIN3/c7-5-1-4(8)3-2-9-11-6(3)10-5/h1-2H,(H,9,10,11). The minimum atomic E-state index is 0.492. The van der Waals surface area contributed by atoms with Crippen LogP contribution in [0.2, 0.25) is 5.15 Å². The van der Waals surface area contributed by atoms with Crippen LogP contribution in [0, 0.1) is 3.57 Å². The highest BCUT2D eigenvalue weighted by atomic mass is 127. The van der Waals surface area contributed by atoms with Gasteiger partial charge in [-0.15, -0.1) is 0 Å². The lowest BCUT2D eigenvalue weighted by Gasteiger charge is -1.92. The molecule has 0 bridgehead atoms. The van der Waals surface area contributed by atoms with Crippen LogP contribution in [0.25, 0.3) is 11.0 Å². The number of H-pyrrole nitrogens is 1. The fourth-order valence-electron chi connectivity index (χ4n) is 0.861. The number of aromatic nitrogens is 3. The van der Waals surface area contributed by atoms with Gasteiger partial charge in [0, 0.05) is 3.57 Å². The molecular weight excluding hydrogens is 276 g/mol. The van der Waals surface area contributed by atoms with Crippen LogP contribution in [-0.4, -0.2) is 15.2 Å². The fourth-order valence-corrected chi connectivity index (χ4v) is 1.93. The molecule has 2 heterocycles. The zero-order valence-corrected chi connectivity index (χ0v) is 8.22. The van der Waals surface area contributed by atoms with Crippen LogP contribution >= 0.6 is 34.2 Å². The molecule has 0 spiro atoms. The summed E-state index contributed by atoms with van der Waals surface area (Å²) < 4.78 is 1.06. The summed E-state index contributed by atoms with van der Waals surface area (Å²) in [6, 6.07) is 1.81. The van der Waals surface area contributed by atoms with Crippen molar-refractivity contribution >= 4 is 45.2 Å². The van der Waals surface area contributed by atoms with Gasteiger partial charge in [0.05, 0.1) is 11.6 Å². The molecule has 3 nitrogen and oxygen atoms in total. The van der Waals surface area contributed by atoms with Crippen LogP contribution in [-0.2, 0) is 0 Å². The Hall–Kier alpha value is -0.360. The Bertz CT molecular complexity index is 398. The van der Waals surface area contributed by atoms with E-state index >= 15 is 0 Å². The Labute approximate surface area is 81.3 Å². The van der Waals surface area contributed by atoms with Crippen LogP contribution in [0.5, 0.6) is 0 Å². The van der Waals surface area contributed by atoms with Gasteiger partial charge in [-0.1, -0.05) is 11.6 Å². The molecule has 0 unspecified atom stereocenters. The third-order valence-corrected chi connectivity index (χ3v) is 2.43. The van der Waals surface area contributed by atoms with Crippen LogP contribution in [0.4, 0.5) is 0 Å². The van der Waals surface area contributed by atoms with Crippen molar-refractivity contribution < 1.29 is 0 Å². The molecule has 2 aromatic heterocycles. The number of nitrogens with zero attached hydrogens (tertiary/aromatic N) is 2. The summed E-state index contributed by atoms with van der Waals surface area (Å²) in [7, 11) is 0. The Morgan fingerprint density at radius 2 is 2.36 bits per heavy atom. The normalized spacial score (nSPS) is 10.7. The minimum absolute atomic E-state index is 0.492. The predicted octanol–water partition coefficient (Wildman–Crippen LogP) is 2.22. The minimum Gasteiger partial charge on any atom is -0.261 e. The molecule has 0 saturated carbocycles. The molecule has 0 aromatic carbocycles. The van der Waals surface area contributed by atoms with Crippen molar-refractivity contribution in [3.05, 3.63) is 21.0 Å². The summed E-state index contributed by atoms with van der Waals surface area (Å²) in [5.41, 5.74) is 0.738. The molecule has 0 amide bonds. The number of halogens is 2. The lowest BCUT2D eigenvalue weighted by Crippen LogP contribution is -1.80. The molecule has 2 aromatic rings. The summed E-state index contributed by atoms with van der Waals surface area (Å²) in [4.78, 5) is 4.04. The Balaban J connectivity index is 2.91. The molecule has 1 N–H and O–H groups in total. The molecule has 0 fully saturated rings. The van der Waals surface area contributed by atoms with Crippen molar-refractivity contribution in [2.75, 3.05) is 0 Å². The first kappa shape index (κ1) is 7.30. The van der Waals surface area contributed by atoms with Crippen LogP contribution in [0.1, 0.15) is 0 Å². The highest BCUT2D eigenvalue weighted by Gasteiger charge is 2.02. The van der Waals surface area contributed by atoms with E-state index in [9.17, 15) is 0 Å². The molecule has 0 aliphatic heterocycles. The fraction of sp³-hybridized carbons (Fsp3) is 0. The zero-order chi connectivity index (χ0) is 7.84. The van der Waals surface area contributed by atoms with Gasteiger partial charge < -0.3 is 0 Å². The summed E-state index contributed by atoms with van der Waals surface area (Å²) >= 11 is 7.91. The first-order chi connectivity index (χ1) is 5.27. The first-order valence-corrected chi connectivity index (χ1v) is 4.38. The molecule has 0 aliphatic rings. The van der Waals surface area contributed by atoms with Gasteiger partial charge in [-0.05, 0) is 28.7 Å². The second kappa shape index (κ2) is 2.60. The zero-order valence-electron chi connectivity index (χ0n) is 5.31. The van der Waals surface area contributed by atoms with Gasteiger partial charge >= 0.3 is 0 Å². The third kappa shape index (κ3) is 1.20. The van der Waals surface area contributed by atoms with Crippen molar-refractivity contribution in [1.82, 2.24) is 15.2 Å². The van der Waals surface area contributed by atoms with E-state index in [2.05, 4.69) is 37.8 Å². The quantitative estimate of drug-likeness (QED) is 0.593. The van der Waals surface area contributed by atoms with E-state index in [0.29, 0.717) is 5.15 Å². The summed E-state index contributed by atoms with van der Waals surface area (Å²) in [5, 5.41) is 8.10. The first-order valence-electron chi connectivity index (χ1n) is 2.92. The summed E-state index contributed by atoms with van der Waals surface area (Å²) in [6.45, 7) is 0. The van der Waals surface area contributed by atoms with E-state index in [4.69, 9.17) is 11.6 Å². The largest absolute Gasteiger partial charge is 0.261 e. The van der Waals surface area contributed by atoms with Gasteiger partial charge in [-0.25, -0.2) is 4.98 Å².